The van der Waals surface area contributed by atoms with Gasteiger partial charge >= 0.3 is 0 Å². The van der Waals surface area contributed by atoms with E-state index in [4.69, 9.17) is 0 Å². The van der Waals surface area contributed by atoms with Crippen LogP contribution >= 0.6 is 0 Å². The van der Waals surface area contributed by atoms with Crippen LogP contribution in [0.1, 0.15) is 72.9 Å². The van der Waals surface area contributed by atoms with E-state index in [1.54, 1.807) is 0 Å². The normalized spacial score (nSPS) is 11.5. The van der Waals surface area contributed by atoms with E-state index in [1.807, 2.05) is 24.5 Å². The van der Waals surface area contributed by atoms with E-state index in [2.05, 4.69) is 109 Å². The average molecular weight is 473 g/mol. The zero-order chi connectivity index (χ0) is 25.0. The van der Waals surface area contributed by atoms with E-state index < -0.39 is 0 Å². The number of aromatic nitrogens is 2. The number of unbranched alkanes of at least 4 members (excludes halogenated alkanes) is 2. The van der Waals surface area contributed by atoms with E-state index in [-0.39, 0.29) is 0 Å². The molecule has 0 spiro atoms. The molecule has 0 aliphatic rings. The van der Waals surface area contributed by atoms with Crippen LogP contribution < -0.4 is 0 Å². The van der Waals surface area contributed by atoms with E-state index in [0.29, 0.717) is 0 Å². The van der Waals surface area contributed by atoms with Crippen LogP contribution in [0.15, 0.2) is 85.2 Å². The van der Waals surface area contributed by atoms with Crippen molar-refractivity contribution >= 4 is 24.3 Å². The summed E-state index contributed by atoms with van der Waals surface area (Å²) in [6.45, 7) is 4.47. The molecule has 182 valence electrons. The van der Waals surface area contributed by atoms with Gasteiger partial charge in [0, 0.05) is 12.4 Å². The summed E-state index contributed by atoms with van der Waals surface area (Å²) in [7, 11) is 0. The fourth-order valence-electron chi connectivity index (χ4n) is 4.12. The second-order valence-corrected chi connectivity index (χ2v) is 9.31. The summed E-state index contributed by atoms with van der Waals surface area (Å²) < 4.78 is 0. The van der Waals surface area contributed by atoms with Crippen LogP contribution in [0.25, 0.3) is 35.7 Å². The molecule has 4 aromatic rings. The van der Waals surface area contributed by atoms with Crippen molar-refractivity contribution in [3.63, 3.8) is 0 Å². The van der Waals surface area contributed by atoms with Gasteiger partial charge in [0.05, 0.1) is 11.4 Å². The van der Waals surface area contributed by atoms with E-state index in [1.165, 1.54) is 47.9 Å². The van der Waals surface area contributed by atoms with Crippen molar-refractivity contribution in [2.24, 2.45) is 0 Å². The molecule has 2 aromatic carbocycles. The molecular weight excluding hydrogens is 436 g/mol. The van der Waals surface area contributed by atoms with Crippen LogP contribution in [0.4, 0.5) is 0 Å². The lowest BCUT2D eigenvalue weighted by atomic mass is 10.0. The molecule has 0 aliphatic carbocycles. The maximum Gasteiger partial charge on any atom is 0.0892 e. The number of hydrogen-bond acceptors (Lipinski definition) is 2. The van der Waals surface area contributed by atoms with Crippen molar-refractivity contribution < 1.29 is 0 Å². The third-order valence-electron chi connectivity index (χ3n) is 6.36. The van der Waals surface area contributed by atoms with Gasteiger partial charge in [-0.05, 0) is 83.3 Å². The molecule has 2 heteroatoms. The average Bonchev–Trinajstić information content (AvgIpc) is 2.94. The van der Waals surface area contributed by atoms with Gasteiger partial charge in [-0.25, -0.2) is 0 Å². The van der Waals surface area contributed by atoms with E-state index >= 15 is 0 Å². The molecule has 0 fully saturated rings. The number of hydrogen-bond donors (Lipinski definition) is 0. The van der Waals surface area contributed by atoms with Crippen molar-refractivity contribution in [2.75, 3.05) is 0 Å². The fourth-order valence-corrected chi connectivity index (χ4v) is 4.12. The molecule has 2 heterocycles. The van der Waals surface area contributed by atoms with Crippen LogP contribution in [0, 0.1) is 0 Å². The van der Waals surface area contributed by atoms with Gasteiger partial charge in [-0.1, -0.05) is 99.5 Å². The van der Waals surface area contributed by atoms with E-state index in [0.717, 1.165) is 35.4 Å². The van der Waals surface area contributed by atoms with Crippen LogP contribution in [0.3, 0.4) is 0 Å². The highest BCUT2D eigenvalue weighted by molar-refractivity contribution is 5.74. The lowest BCUT2D eigenvalue weighted by Crippen LogP contribution is -1.89. The lowest BCUT2D eigenvalue weighted by Gasteiger charge is -2.04. The van der Waals surface area contributed by atoms with Crippen molar-refractivity contribution in [1.82, 2.24) is 9.97 Å². The van der Waals surface area contributed by atoms with Crippen molar-refractivity contribution in [3.05, 3.63) is 119 Å². The molecule has 0 aliphatic heterocycles. The molecule has 0 radical (unpaired) electrons. The van der Waals surface area contributed by atoms with Gasteiger partial charge in [-0.3, -0.25) is 9.97 Å². The van der Waals surface area contributed by atoms with Crippen molar-refractivity contribution in [2.45, 2.75) is 52.4 Å². The highest BCUT2D eigenvalue weighted by Gasteiger charge is 2.03. The Balaban J connectivity index is 1.43. The molecule has 2 nitrogen and oxygen atoms in total. The van der Waals surface area contributed by atoms with Gasteiger partial charge in [0.1, 0.15) is 0 Å². The summed E-state index contributed by atoms with van der Waals surface area (Å²) >= 11 is 0. The molecule has 0 amide bonds. The van der Waals surface area contributed by atoms with Crippen molar-refractivity contribution in [3.8, 4) is 11.4 Å². The summed E-state index contributed by atoms with van der Waals surface area (Å²) in [5, 5.41) is 0. The highest BCUT2D eigenvalue weighted by atomic mass is 14.8. The Bertz CT molecular complexity index is 1180. The monoisotopic (exact) mass is 472 g/mol. The van der Waals surface area contributed by atoms with Crippen LogP contribution in [-0.2, 0) is 12.8 Å². The Kier molecular flexibility index (Phi) is 9.39. The first-order valence-electron chi connectivity index (χ1n) is 13.2. The zero-order valence-electron chi connectivity index (χ0n) is 21.5. The fraction of sp³-hybridized carbons (Fsp3) is 0.235. The summed E-state index contributed by atoms with van der Waals surface area (Å²) in [4.78, 5) is 9.16. The minimum absolute atomic E-state index is 0.877. The number of benzene rings is 2. The molecule has 0 saturated heterocycles. The Morgan fingerprint density at radius 3 is 1.28 bits per heavy atom. The van der Waals surface area contributed by atoms with Crippen LogP contribution in [-0.4, -0.2) is 9.97 Å². The molecule has 0 saturated carbocycles. The third kappa shape index (κ3) is 7.61. The van der Waals surface area contributed by atoms with Gasteiger partial charge < -0.3 is 0 Å². The molecule has 4 rings (SSSR count). The van der Waals surface area contributed by atoms with Gasteiger partial charge in [0.2, 0.25) is 0 Å². The summed E-state index contributed by atoms with van der Waals surface area (Å²) in [6.07, 6.45) is 19.5. The number of rotatable bonds is 11. The van der Waals surface area contributed by atoms with Crippen molar-refractivity contribution in [1.29, 1.82) is 0 Å². The third-order valence-corrected chi connectivity index (χ3v) is 6.36. The van der Waals surface area contributed by atoms with Crippen LogP contribution in [0.2, 0.25) is 0 Å². The molecule has 0 bridgehead atoms. The summed E-state index contributed by atoms with van der Waals surface area (Å²) in [6, 6.07) is 26.0. The number of nitrogens with zero attached hydrogens (tertiary/aromatic N) is 2. The molecule has 0 atom stereocenters. The number of pyridine rings is 2. The molecule has 0 N–H and O–H groups in total. The second kappa shape index (κ2) is 13.3. The predicted octanol–water partition coefficient (Wildman–Crippen LogP) is 9.17. The summed E-state index contributed by atoms with van der Waals surface area (Å²) in [5.74, 6) is 0. The quantitative estimate of drug-likeness (QED) is 0.217. The smallest absolute Gasteiger partial charge is 0.0892 e. The Hall–Kier alpha value is -3.78. The largest absolute Gasteiger partial charge is 0.255 e. The van der Waals surface area contributed by atoms with Gasteiger partial charge in [-0.15, -0.1) is 0 Å². The molecular formula is C34H36N2. The molecule has 2 aromatic heterocycles. The zero-order valence-corrected chi connectivity index (χ0v) is 21.5. The number of aryl methyl sites for hydroxylation is 2. The van der Waals surface area contributed by atoms with Crippen LogP contribution in [0.5, 0.6) is 0 Å². The van der Waals surface area contributed by atoms with Gasteiger partial charge in [0.25, 0.3) is 0 Å². The molecule has 0 unspecified atom stereocenters. The topological polar surface area (TPSA) is 25.8 Å². The van der Waals surface area contributed by atoms with E-state index in [9.17, 15) is 0 Å². The first-order chi connectivity index (χ1) is 17.7. The first kappa shape index (κ1) is 25.3. The van der Waals surface area contributed by atoms with Gasteiger partial charge in [-0.2, -0.15) is 0 Å². The molecule has 36 heavy (non-hydrogen) atoms. The predicted molar refractivity (Wildman–Crippen MR) is 155 cm³/mol. The SMILES string of the molecule is CCCCc1ccc(C=Cc2ccnc(-c3cc(C=Cc4ccc(CCCC)cc4)ccn3)c2)cc1. The maximum atomic E-state index is 4.58. The Labute approximate surface area is 216 Å². The minimum Gasteiger partial charge on any atom is -0.255 e. The summed E-state index contributed by atoms with van der Waals surface area (Å²) in [5.41, 5.74) is 9.20. The first-order valence-corrected chi connectivity index (χ1v) is 13.2. The second-order valence-electron chi connectivity index (χ2n) is 9.31. The maximum absolute atomic E-state index is 4.58. The Morgan fingerprint density at radius 1 is 0.500 bits per heavy atom. The standard InChI is InChI=1S/C34H36N2/c1-3-5-7-27-9-13-29(14-10-27)17-19-31-21-23-35-33(25-31)34-26-32(22-24-36-34)20-18-30-15-11-28(12-16-30)8-6-4-2/h9-26H,3-8H2,1-2H3. The van der Waals surface area contributed by atoms with Gasteiger partial charge in [0.15, 0.2) is 0 Å². The highest BCUT2D eigenvalue weighted by Crippen LogP contribution is 2.20. The minimum atomic E-state index is 0.877. The lowest BCUT2D eigenvalue weighted by molar-refractivity contribution is 0.795. The Morgan fingerprint density at radius 2 is 0.889 bits per heavy atom.